The molecule has 6 rings (SSSR count). The third kappa shape index (κ3) is 3.12. The molecule has 0 saturated carbocycles. The summed E-state index contributed by atoms with van der Waals surface area (Å²) in [5.41, 5.74) is 8.36. The van der Waals surface area contributed by atoms with Crippen LogP contribution in [0.4, 0.5) is 20.5 Å². The largest absolute Gasteiger partial charge is 0.491 e. The summed E-state index contributed by atoms with van der Waals surface area (Å²) in [6.07, 6.45) is 2.61. The molecule has 2 aliphatic heterocycles. The summed E-state index contributed by atoms with van der Waals surface area (Å²) in [5, 5.41) is 0. The first-order valence-electron chi connectivity index (χ1n) is 11.0. The Morgan fingerprint density at radius 2 is 2.03 bits per heavy atom. The summed E-state index contributed by atoms with van der Waals surface area (Å²) >= 11 is 0. The van der Waals surface area contributed by atoms with Gasteiger partial charge < -0.3 is 24.4 Å². The van der Waals surface area contributed by atoms with Gasteiger partial charge in [0.15, 0.2) is 11.4 Å². The molecule has 0 aliphatic carbocycles. The van der Waals surface area contributed by atoms with Crippen LogP contribution in [-0.4, -0.2) is 39.8 Å². The molecule has 1 saturated heterocycles. The normalized spacial score (nSPS) is 18.5. The molecular weight excluding hydrogens is 432 g/mol. The number of imidazole rings is 1. The van der Waals surface area contributed by atoms with E-state index in [4.69, 9.17) is 14.9 Å². The standard InChI is InChI=1S/C23H21F2N5O3/c24-18-15(29-8-3-4-14(29)21(25)31)11-17-20-19(18)28-22(30(20)7-1-2-9-32-17)12-5-6-16-13(10-12)27-23(26)33-16/h5-6,10-11,14H,1-4,7-9H2,(H2,26,27)/t14-/m0/s1. The quantitative estimate of drug-likeness (QED) is 0.464. The molecule has 4 heterocycles. The van der Waals surface area contributed by atoms with Crippen molar-refractivity contribution in [3.63, 3.8) is 0 Å². The fourth-order valence-electron chi connectivity index (χ4n) is 4.92. The number of anilines is 2. The Bertz CT molecular complexity index is 1410. The van der Waals surface area contributed by atoms with E-state index in [9.17, 15) is 9.18 Å². The van der Waals surface area contributed by atoms with E-state index in [-0.39, 0.29) is 17.2 Å². The zero-order chi connectivity index (χ0) is 22.7. The highest BCUT2D eigenvalue weighted by molar-refractivity contribution is 5.92. The van der Waals surface area contributed by atoms with Gasteiger partial charge in [-0.05, 0) is 43.9 Å². The molecule has 0 spiro atoms. The summed E-state index contributed by atoms with van der Waals surface area (Å²) in [6.45, 7) is 1.51. The first-order valence-corrected chi connectivity index (χ1v) is 11.0. The van der Waals surface area contributed by atoms with Gasteiger partial charge in [0, 0.05) is 24.7 Å². The lowest BCUT2D eigenvalue weighted by Crippen LogP contribution is -2.34. The van der Waals surface area contributed by atoms with Crippen LogP contribution < -0.4 is 15.4 Å². The van der Waals surface area contributed by atoms with E-state index in [2.05, 4.69) is 9.97 Å². The van der Waals surface area contributed by atoms with Crippen molar-refractivity contribution in [2.24, 2.45) is 0 Å². The number of ether oxygens (including phenoxy) is 1. The Labute approximate surface area is 186 Å². The van der Waals surface area contributed by atoms with Gasteiger partial charge in [-0.25, -0.2) is 9.37 Å². The number of carbonyl (C=O) groups is 1. The fourth-order valence-corrected chi connectivity index (χ4v) is 4.92. The van der Waals surface area contributed by atoms with E-state index in [1.54, 1.807) is 18.2 Å². The molecule has 0 radical (unpaired) electrons. The summed E-state index contributed by atoms with van der Waals surface area (Å²) in [7, 11) is 0. The number of nitrogen functional groups attached to an aromatic ring is 1. The number of rotatable bonds is 3. The van der Waals surface area contributed by atoms with Crippen molar-refractivity contribution in [3.8, 4) is 17.1 Å². The molecule has 0 unspecified atom stereocenters. The van der Waals surface area contributed by atoms with Gasteiger partial charge in [0.1, 0.15) is 34.2 Å². The number of aryl methyl sites for hydroxylation is 1. The second-order valence-corrected chi connectivity index (χ2v) is 8.44. The van der Waals surface area contributed by atoms with Crippen LogP contribution in [0, 0.1) is 5.82 Å². The van der Waals surface area contributed by atoms with Crippen LogP contribution in [0.15, 0.2) is 28.7 Å². The van der Waals surface area contributed by atoms with Crippen LogP contribution in [0.1, 0.15) is 25.7 Å². The van der Waals surface area contributed by atoms with Crippen molar-refractivity contribution in [3.05, 3.63) is 30.1 Å². The van der Waals surface area contributed by atoms with E-state index in [1.165, 1.54) is 4.90 Å². The predicted molar refractivity (Wildman–Crippen MR) is 118 cm³/mol. The molecule has 1 fully saturated rings. The Morgan fingerprint density at radius 1 is 1.15 bits per heavy atom. The van der Waals surface area contributed by atoms with Crippen LogP contribution in [-0.2, 0) is 11.3 Å². The Kier molecular flexibility index (Phi) is 4.49. The number of fused-ring (bicyclic) bond motifs is 1. The third-order valence-corrected chi connectivity index (χ3v) is 6.42. The predicted octanol–water partition coefficient (Wildman–Crippen LogP) is 4.20. The average Bonchev–Trinajstić information content (AvgIpc) is 3.48. The smallest absolute Gasteiger partial charge is 0.323 e. The van der Waals surface area contributed by atoms with Gasteiger partial charge in [0.25, 0.3) is 6.01 Å². The second kappa shape index (κ2) is 7.43. The number of halogens is 2. The lowest BCUT2D eigenvalue weighted by Gasteiger charge is -2.25. The lowest BCUT2D eigenvalue weighted by atomic mass is 10.1. The van der Waals surface area contributed by atoms with E-state index < -0.39 is 17.9 Å². The Balaban J connectivity index is 1.58. The number of benzene rings is 2. The van der Waals surface area contributed by atoms with Crippen molar-refractivity contribution in [1.82, 2.24) is 14.5 Å². The molecule has 33 heavy (non-hydrogen) atoms. The maximum atomic E-state index is 15.8. The Morgan fingerprint density at radius 3 is 2.88 bits per heavy atom. The van der Waals surface area contributed by atoms with Gasteiger partial charge in [0.2, 0.25) is 0 Å². The van der Waals surface area contributed by atoms with Crippen LogP contribution >= 0.6 is 0 Å². The maximum Gasteiger partial charge on any atom is 0.323 e. The molecule has 10 heteroatoms. The average molecular weight is 453 g/mol. The van der Waals surface area contributed by atoms with Crippen molar-refractivity contribution in [2.45, 2.75) is 38.3 Å². The molecule has 0 bridgehead atoms. The highest BCUT2D eigenvalue weighted by Gasteiger charge is 2.35. The number of carbonyl (C=O) groups excluding carboxylic acids is 1. The van der Waals surface area contributed by atoms with Crippen LogP contribution in [0.5, 0.6) is 5.75 Å². The molecule has 2 aromatic carbocycles. The van der Waals surface area contributed by atoms with E-state index >= 15 is 4.39 Å². The van der Waals surface area contributed by atoms with Crippen LogP contribution in [0.25, 0.3) is 33.5 Å². The molecule has 2 N–H and O–H groups in total. The number of hydrogen-bond acceptors (Lipinski definition) is 7. The van der Waals surface area contributed by atoms with Crippen molar-refractivity contribution < 1.29 is 22.7 Å². The molecule has 2 aromatic heterocycles. The highest BCUT2D eigenvalue weighted by atomic mass is 19.1. The molecule has 4 aromatic rings. The summed E-state index contributed by atoms with van der Waals surface area (Å²) in [6, 6.07) is 4.59. The lowest BCUT2D eigenvalue weighted by molar-refractivity contribution is -0.130. The van der Waals surface area contributed by atoms with Gasteiger partial charge in [0.05, 0.1) is 12.3 Å². The molecule has 2 aliphatic rings. The minimum Gasteiger partial charge on any atom is -0.491 e. The van der Waals surface area contributed by atoms with Crippen molar-refractivity contribution in [2.75, 3.05) is 23.8 Å². The minimum absolute atomic E-state index is 0.0685. The summed E-state index contributed by atoms with van der Waals surface area (Å²) in [5.74, 6) is 0.456. The van der Waals surface area contributed by atoms with Crippen molar-refractivity contribution in [1.29, 1.82) is 0 Å². The number of nitrogens with two attached hydrogens (primary N) is 1. The van der Waals surface area contributed by atoms with Crippen molar-refractivity contribution >= 4 is 39.9 Å². The summed E-state index contributed by atoms with van der Waals surface area (Å²) < 4.78 is 42.8. The molecule has 170 valence electrons. The molecule has 1 atom stereocenters. The first-order chi connectivity index (χ1) is 16.0. The number of aromatic nitrogens is 3. The Hall–Kier alpha value is -3.69. The SMILES string of the molecule is Nc1nc2cc(-c3nc4c(F)c(N5CCC[C@H]5C(=O)F)cc5c4n3CCCCO5)ccc2o1. The monoisotopic (exact) mass is 453 g/mol. The zero-order valence-electron chi connectivity index (χ0n) is 17.7. The maximum absolute atomic E-state index is 15.8. The highest BCUT2D eigenvalue weighted by Crippen LogP contribution is 2.41. The fraction of sp³-hybridized carbons (Fsp3) is 0.348. The molecule has 0 amide bonds. The third-order valence-electron chi connectivity index (χ3n) is 6.42. The van der Waals surface area contributed by atoms with Crippen LogP contribution in [0.2, 0.25) is 0 Å². The van der Waals surface area contributed by atoms with E-state index in [0.29, 0.717) is 60.7 Å². The van der Waals surface area contributed by atoms with E-state index in [0.717, 1.165) is 18.4 Å². The van der Waals surface area contributed by atoms with Gasteiger partial charge in [-0.1, -0.05) is 0 Å². The second-order valence-electron chi connectivity index (χ2n) is 8.44. The topological polar surface area (TPSA) is 99.4 Å². The van der Waals surface area contributed by atoms with Crippen LogP contribution in [0.3, 0.4) is 0 Å². The van der Waals surface area contributed by atoms with Gasteiger partial charge >= 0.3 is 6.04 Å². The first kappa shape index (κ1) is 20.0. The summed E-state index contributed by atoms with van der Waals surface area (Å²) in [4.78, 5) is 21.9. The number of oxazole rings is 1. The molecular formula is C23H21F2N5O3. The zero-order valence-corrected chi connectivity index (χ0v) is 17.7. The number of hydrogen-bond donors (Lipinski definition) is 1. The van der Waals surface area contributed by atoms with Gasteiger partial charge in [-0.15, -0.1) is 0 Å². The van der Waals surface area contributed by atoms with E-state index in [1.807, 2.05) is 10.6 Å². The van der Waals surface area contributed by atoms with Gasteiger partial charge in [-0.3, -0.25) is 4.79 Å². The van der Waals surface area contributed by atoms with Gasteiger partial charge in [-0.2, -0.15) is 9.37 Å². The minimum atomic E-state index is -1.46. The molecule has 8 nitrogen and oxygen atoms in total. The number of nitrogens with zero attached hydrogens (tertiary/aromatic N) is 4.